The van der Waals surface area contributed by atoms with Crippen LogP contribution >= 0.6 is 11.8 Å². The lowest BCUT2D eigenvalue weighted by atomic mass is 9.95. The number of amides is 1. The summed E-state index contributed by atoms with van der Waals surface area (Å²) in [6.07, 6.45) is 1.67. The zero-order valence-corrected chi connectivity index (χ0v) is 19.8. The van der Waals surface area contributed by atoms with Gasteiger partial charge in [0.1, 0.15) is 5.03 Å². The third kappa shape index (κ3) is 5.68. The van der Waals surface area contributed by atoms with Gasteiger partial charge in [-0.05, 0) is 74.6 Å². The third-order valence-electron chi connectivity index (χ3n) is 6.07. The van der Waals surface area contributed by atoms with E-state index in [1.165, 1.54) is 21.6 Å². The van der Waals surface area contributed by atoms with E-state index in [9.17, 15) is 4.79 Å². The Balaban J connectivity index is 1.26. The number of hydrogen-bond donors (Lipinski definition) is 1. The standard InChI is InChI=1S/C26H30N4OS/c1-18-5-4-6-23(15-18)32-25-10-9-24(28-29-25)30-13-11-22(12-14-30)26(31)27-17-21-8-7-19(2)20(3)16-21/h4-10,15-16,22H,11-14,17H2,1-3H3,(H,27,31). The van der Waals surface area contributed by atoms with Crippen molar-refractivity contribution in [3.63, 3.8) is 0 Å². The van der Waals surface area contributed by atoms with Gasteiger partial charge in [-0.1, -0.05) is 47.7 Å². The first-order valence-electron chi connectivity index (χ1n) is 11.1. The number of nitrogens with one attached hydrogen (secondary N) is 1. The summed E-state index contributed by atoms with van der Waals surface area (Å²) in [5.41, 5.74) is 4.92. The van der Waals surface area contributed by atoms with Crippen molar-refractivity contribution in [3.8, 4) is 0 Å². The first kappa shape index (κ1) is 22.3. The molecule has 32 heavy (non-hydrogen) atoms. The van der Waals surface area contributed by atoms with E-state index < -0.39 is 0 Å². The Morgan fingerprint density at radius 3 is 2.50 bits per heavy atom. The highest BCUT2D eigenvalue weighted by molar-refractivity contribution is 7.99. The maximum atomic E-state index is 12.6. The molecular formula is C26H30N4OS. The van der Waals surface area contributed by atoms with Gasteiger partial charge >= 0.3 is 0 Å². The average molecular weight is 447 g/mol. The van der Waals surface area contributed by atoms with Crippen molar-refractivity contribution in [2.24, 2.45) is 5.92 Å². The number of piperidine rings is 1. The van der Waals surface area contributed by atoms with E-state index in [1.807, 2.05) is 12.1 Å². The predicted octanol–water partition coefficient (Wildman–Crippen LogP) is 5.09. The molecule has 2 heterocycles. The van der Waals surface area contributed by atoms with Gasteiger partial charge in [0.2, 0.25) is 5.91 Å². The smallest absolute Gasteiger partial charge is 0.223 e. The molecule has 0 radical (unpaired) electrons. The second-order valence-electron chi connectivity index (χ2n) is 8.55. The molecule has 1 saturated heterocycles. The molecule has 0 bridgehead atoms. The van der Waals surface area contributed by atoms with Gasteiger partial charge in [0, 0.05) is 30.4 Å². The Morgan fingerprint density at radius 1 is 1.00 bits per heavy atom. The second kappa shape index (κ2) is 10.2. The number of rotatable bonds is 6. The summed E-state index contributed by atoms with van der Waals surface area (Å²) >= 11 is 1.62. The number of carbonyl (C=O) groups is 1. The normalized spacial score (nSPS) is 14.4. The number of aromatic nitrogens is 2. The van der Waals surface area contributed by atoms with Crippen LogP contribution in [0.3, 0.4) is 0 Å². The van der Waals surface area contributed by atoms with E-state index in [1.54, 1.807) is 11.8 Å². The molecule has 1 fully saturated rings. The summed E-state index contributed by atoms with van der Waals surface area (Å²) in [6, 6.07) is 18.8. The van der Waals surface area contributed by atoms with Crippen molar-refractivity contribution in [2.75, 3.05) is 18.0 Å². The van der Waals surface area contributed by atoms with Gasteiger partial charge in [0.15, 0.2) is 5.82 Å². The SMILES string of the molecule is Cc1cccc(Sc2ccc(N3CCC(C(=O)NCc4ccc(C)c(C)c4)CC3)nn2)c1. The molecule has 1 amide bonds. The molecule has 0 aliphatic carbocycles. The summed E-state index contributed by atoms with van der Waals surface area (Å²) in [7, 11) is 0. The Morgan fingerprint density at radius 2 is 1.81 bits per heavy atom. The molecule has 1 aliphatic rings. The molecule has 1 aliphatic heterocycles. The molecule has 4 rings (SSSR count). The van der Waals surface area contributed by atoms with Crippen LogP contribution in [0, 0.1) is 26.7 Å². The highest BCUT2D eigenvalue weighted by Gasteiger charge is 2.25. The molecule has 0 unspecified atom stereocenters. The maximum Gasteiger partial charge on any atom is 0.223 e. The van der Waals surface area contributed by atoms with Crippen LogP contribution in [0.5, 0.6) is 0 Å². The second-order valence-corrected chi connectivity index (χ2v) is 9.64. The van der Waals surface area contributed by atoms with Crippen molar-refractivity contribution in [1.29, 1.82) is 0 Å². The molecule has 0 spiro atoms. The Kier molecular flexibility index (Phi) is 7.10. The van der Waals surface area contributed by atoms with Crippen LogP contribution in [0.15, 0.2) is 64.5 Å². The van der Waals surface area contributed by atoms with Crippen LogP contribution in [0.25, 0.3) is 0 Å². The summed E-state index contributed by atoms with van der Waals surface area (Å²) in [6.45, 7) is 8.53. The van der Waals surface area contributed by atoms with Crippen LogP contribution in [-0.2, 0) is 11.3 Å². The summed E-state index contributed by atoms with van der Waals surface area (Å²) in [5.74, 6) is 1.09. The maximum absolute atomic E-state index is 12.6. The van der Waals surface area contributed by atoms with Crippen LogP contribution in [0.2, 0.25) is 0 Å². The Hall–Kier alpha value is -2.86. The van der Waals surface area contributed by atoms with Crippen LogP contribution in [0.4, 0.5) is 5.82 Å². The van der Waals surface area contributed by atoms with E-state index in [0.29, 0.717) is 6.54 Å². The molecule has 6 heteroatoms. The van der Waals surface area contributed by atoms with Gasteiger partial charge in [0.05, 0.1) is 0 Å². The van der Waals surface area contributed by atoms with Crippen molar-refractivity contribution < 1.29 is 4.79 Å². The molecule has 3 aromatic rings. The molecule has 5 nitrogen and oxygen atoms in total. The number of carbonyl (C=O) groups excluding carboxylic acids is 1. The van der Waals surface area contributed by atoms with Gasteiger partial charge in [-0.25, -0.2) is 0 Å². The lowest BCUT2D eigenvalue weighted by Gasteiger charge is -2.31. The minimum atomic E-state index is 0.0573. The fraction of sp³-hybridized carbons (Fsp3) is 0.346. The van der Waals surface area contributed by atoms with Gasteiger partial charge in [-0.15, -0.1) is 10.2 Å². The number of benzene rings is 2. The number of aryl methyl sites for hydroxylation is 3. The minimum Gasteiger partial charge on any atom is -0.355 e. The van der Waals surface area contributed by atoms with E-state index in [4.69, 9.17) is 0 Å². The predicted molar refractivity (Wildman–Crippen MR) is 130 cm³/mol. The van der Waals surface area contributed by atoms with Crippen LogP contribution < -0.4 is 10.2 Å². The molecular weight excluding hydrogens is 416 g/mol. The molecule has 0 atom stereocenters. The molecule has 0 saturated carbocycles. The first-order valence-corrected chi connectivity index (χ1v) is 12.0. The van der Waals surface area contributed by atoms with Crippen molar-refractivity contribution in [3.05, 3.63) is 76.9 Å². The van der Waals surface area contributed by atoms with Gasteiger partial charge < -0.3 is 10.2 Å². The number of hydrogen-bond acceptors (Lipinski definition) is 5. The van der Waals surface area contributed by atoms with Crippen molar-refractivity contribution >= 4 is 23.5 Å². The fourth-order valence-corrected chi connectivity index (χ4v) is 4.80. The minimum absolute atomic E-state index is 0.0573. The van der Waals surface area contributed by atoms with Crippen molar-refractivity contribution in [2.45, 2.75) is 50.1 Å². The molecule has 1 N–H and O–H groups in total. The average Bonchev–Trinajstić information content (AvgIpc) is 2.80. The van der Waals surface area contributed by atoms with Crippen molar-refractivity contribution in [1.82, 2.24) is 15.5 Å². The quantitative estimate of drug-likeness (QED) is 0.572. The van der Waals surface area contributed by atoms with Gasteiger partial charge in [-0.2, -0.15) is 0 Å². The van der Waals surface area contributed by atoms with E-state index in [2.05, 4.69) is 83.6 Å². The Bertz CT molecular complexity index is 1080. The van der Waals surface area contributed by atoms with Crippen LogP contribution in [0.1, 0.15) is 35.1 Å². The monoisotopic (exact) mass is 446 g/mol. The van der Waals surface area contributed by atoms with E-state index in [0.717, 1.165) is 42.3 Å². The highest BCUT2D eigenvalue weighted by atomic mass is 32.2. The van der Waals surface area contributed by atoms with Gasteiger partial charge in [0.25, 0.3) is 0 Å². The highest BCUT2D eigenvalue weighted by Crippen LogP contribution is 2.28. The van der Waals surface area contributed by atoms with Crippen LogP contribution in [-0.4, -0.2) is 29.2 Å². The van der Waals surface area contributed by atoms with Gasteiger partial charge in [-0.3, -0.25) is 4.79 Å². The molecule has 1 aromatic heterocycles. The van der Waals surface area contributed by atoms with E-state index in [-0.39, 0.29) is 11.8 Å². The summed E-state index contributed by atoms with van der Waals surface area (Å²) in [4.78, 5) is 16.0. The zero-order chi connectivity index (χ0) is 22.5. The molecule has 166 valence electrons. The Labute approximate surface area is 194 Å². The summed E-state index contributed by atoms with van der Waals surface area (Å²) in [5, 5.41) is 12.8. The third-order valence-corrected chi connectivity index (χ3v) is 6.98. The zero-order valence-electron chi connectivity index (χ0n) is 19.0. The fourth-order valence-electron chi connectivity index (χ4n) is 3.95. The first-order chi connectivity index (χ1) is 15.5. The number of anilines is 1. The number of nitrogens with zero attached hydrogens (tertiary/aromatic N) is 3. The van der Waals surface area contributed by atoms with E-state index >= 15 is 0 Å². The largest absolute Gasteiger partial charge is 0.355 e. The summed E-state index contributed by atoms with van der Waals surface area (Å²) < 4.78 is 0. The lowest BCUT2D eigenvalue weighted by Crippen LogP contribution is -2.40. The topological polar surface area (TPSA) is 58.1 Å². The molecule has 2 aromatic carbocycles. The lowest BCUT2D eigenvalue weighted by molar-refractivity contribution is -0.125.